The maximum Gasteiger partial charge on any atom is 0.0931 e. The Morgan fingerprint density at radius 3 is 3.00 bits per heavy atom. The normalized spacial score (nSPS) is 24.0. The maximum atomic E-state index is 10.0. The molecule has 1 aromatic heterocycles. The van der Waals surface area contributed by atoms with Crippen molar-refractivity contribution in [2.45, 2.75) is 37.8 Å². The molecule has 15 heavy (non-hydrogen) atoms. The summed E-state index contributed by atoms with van der Waals surface area (Å²) in [7, 11) is 0. The van der Waals surface area contributed by atoms with Gasteiger partial charge in [0.05, 0.1) is 10.4 Å². The van der Waals surface area contributed by atoms with Crippen LogP contribution in [0.1, 0.15) is 24.1 Å². The topological polar surface area (TPSA) is 32.3 Å². The van der Waals surface area contributed by atoms with Gasteiger partial charge in [-0.2, -0.15) is 0 Å². The highest BCUT2D eigenvalue weighted by Crippen LogP contribution is 2.24. The number of aliphatic hydroxyl groups is 1. The van der Waals surface area contributed by atoms with E-state index < -0.39 is 0 Å². The molecule has 2 rings (SSSR count). The monoisotopic (exact) mass is 245 g/mol. The molecule has 0 bridgehead atoms. The van der Waals surface area contributed by atoms with Gasteiger partial charge in [0.25, 0.3) is 0 Å². The Balaban J connectivity index is 1.88. The summed E-state index contributed by atoms with van der Waals surface area (Å²) in [4.78, 5) is 1.17. The highest BCUT2D eigenvalue weighted by Gasteiger charge is 2.21. The predicted molar refractivity (Wildman–Crippen MR) is 64.7 cm³/mol. The van der Waals surface area contributed by atoms with Gasteiger partial charge in [0, 0.05) is 17.3 Å². The lowest BCUT2D eigenvalue weighted by atomic mass is 9.97. The van der Waals surface area contributed by atoms with Gasteiger partial charge in [0.15, 0.2) is 0 Å². The lowest BCUT2D eigenvalue weighted by Crippen LogP contribution is -2.43. The molecule has 1 aliphatic rings. The van der Waals surface area contributed by atoms with Gasteiger partial charge < -0.3 is 10.4 Å². The van der Waals surface area contributed by atoms with Gasteiger partial charge in [-0.25, -0.2) is 0 Å². The number of halogens is 1. The minimum absolute atomic E-state index is 0.264. The molecule has 0 radical (unpaired) electrons. The highest BCUT2D eigenvalue weighted by molar-refractivity contribution is 7.16. The van der Waals surface area contributed by atoms with Gasteiger partial charge in [-0.1, -0.05) is 18.0 Å². The minimum Gasteiger partial charge on any atom is -0.391 e. The fourth-order valence-electron chi connectivity index (χ4n) is 2.02. The van der Waals surface area contributed by atoms with Crippen molar-refractivity contribution in [1.82, 2.24) is 5.32 Å². The number of rotatable bonds is 3. The third-order valence-corrected chi connectivity index (χ3v) is 4.11. The van der Waals surface area contributed by atoms with E-state index in [1.165, 1.54) is 17.7 Å². The molecule has 1 fully saturated rings. The molecule has 84 valence electrons. The largest absolute Gasteiger partial charge is 0.391 e. The standard InChI is InChI=1S/C11H16ClNOS/c12-11-5-4-8(15-11)7-10(14)9-3-1-2-6-13-9/h4-5,9-10,13-14H,1-3,6-7H2. The maximum absolute atomic E-state index is 10.0. The molecule has 0 amide bonds. The van der Waals surface area contributed by atoms with Crippen molar-refractivity contribution in [2.24, 2.45) is 0 Å². The summed E-state index contributed by atoms with van der Waals surface area (Å²) in [6.07, 6.45) is 3.98. The summed E-state index contributed by atoms with van der Waals surface area (Å²) in [5.74, 6) is 0. The number of aliphatic hydroxyl groups excluding tert-OH is 1. The van der Waals surface area contributed by atoms with Crippen LogP contribution in [0, 0.1) is 0 Å². The molecular formula is C11H16ClNOS. The van der Waals surface area contributed by atoms with Crippen molar-refractivity contribution < 1.29 is 5.11 Å². The van der Waals surface area contributed by atoms with Crippen LogP contribution in [0.2, 0.25) is 4.34 Å². The van der Waals surface area contributed by atoms with E-state index in [0.717, 1.165) is 23.7 Å². The van der Waals surface area contributed by atoms with Gasteiger partial charge >= 0.3 is 0 Å². The first-order chi connectivity index (χ1) is 7.25. The van der Waals surface area contributed by atoms with Crippen molar-refractivity contribution in [2.75, 3.05) is 6.54 Å². The number of nitrogens with one attached hydrogen (secondary N) is 1. The summed E-state index contributed by atoms with van der Waals surface area (Å²) >= 11 is 7.41. The van der Waals surface area contributed by atoms with E-state index in [4.69, 9.17) is 11.6 Å². The smallest absolute Gasteiger partial charge is 0.0931 e. The van der Waals surface area contributed by atoms with E-state index in [1.54, 1.807) is 11.3 Å². The van der Waals surface area contributed by atoms with E-state index in [0.29, 0.717) is 0 Å². The van der Waals surface area contributed by atoms with Crippen LogP contribution in [0.25, 0.3) is 0 Å². The highest BCUT2D eigenvalue weighted by atomic mass is 35.5. The second kappa shape index (κ2) is 5.30. The van der Waals surface area contributed by atoms with Crippen molar-refractivity contribution in [3.05, 3.63) is 21.3 Å². The number of piperidine rings is 1. The molecule has 2 N–H and O–H groups in total. The molecular weight excluding hydrogens is 230 g/mol. The zero-order chi connectivity index (χ0) is 10.7. The Morgan fingerprint density at radius 1 is 1.53 bits per heavy atom. The van der Waals surface area contributed by atoms with Crippen molar-refractivity contribution in [1.29, 1.82) is 0 Å². The zero-order valence-corrected chi connectivity index (χ0v) is 10.2. The summed E-state index contributed by atoms with van der Waals surface area (Å²) in [6, 6.07) is 4.15. The Labute approximate surface area is 99.3 Å². The third kappa shape index (κ3) is 3.18. The molecule has 1 aliphatic heterocycles. The Kier molecular flexibility index (Phi) is 4.03. The molecule has 4 heteroatoms. The molecule has 0 saturated carbocycles. The summed E-state index contributed by atoms with van der Waals surface area (Å²) in [6.45, 7) is 1.03. The van der Waals surface area contributed by atoms with Gasteiger partial charge in [-0.3, -0.25) is 0 Å². The van der Waals surface area contributed by atoms with Crippen molar-refractivity contribution in [3.63, 3.8) is 0 Å². The predicted octanol–water partition coefficient (Wildman–Crippen LogP) is 2.45. The molecule has 0 spiro atoms. The lowest BCUT2D eigenvalue weighted by molar-refractivity contribution is 0.114. The molecule has 0 aromatic carbocycles. The van der Waals surface area contributed by atoms with Gasteiger partial charge in [0.1, 0.15) is 0 Å². The first kappa shape index (κ1) is 11.4. The van der Waals surface area contributed by atoms with Crippen LogP contribution in [-0.2, 0) is 6.42 Å². The number of hydrogen-bond donors (Lipinski definition) is 2. The molecule has 1 saturated heterocycles. The molecule has 1 aromatic rings. The van der Waals surface area contributed by atoms with E-state index in [9.17, 15) is 5.11 Å². The number of hydrogen-bond acceptors (Lipinski definition) is 3. The molecule has 2 heterocycles. The fourth-order valence-corrected chi connectivity index (χ4v) is 3.15. The van der Waals surface area contributed by atoms with E-state index in [-0.39, 0.29) is 12.1 Å². The van der Waals surface area contributed by atoms with Gasteiger partial charge in [-0.05, 0) is 31.5 Å². The Bertz CT molecular complexity index is 309. The fraction of sp³-hybridized carbons (Fsp3) is 0.636. The summed E-state index contributed by atoms with van der Waals surface area (Å²) in [5.41, 5.74) is 0. The summed E-state index contributed by atoms with van der Waals surface area (Å²) in [5, 5.41) is 13.4. The lowest BCUT2D eigenvalue weighted by Gasteiger charge is -2.27. The zero-order valence-electron chi connectivity index (χ0n) is 8.58. The average molecular weight is 246 g/mol. The first-order valence-corrected chi connectivity index (χ1v) is 6.61. The molecule has 2 atom stereocenters. The van der Waals surface area contributed by atoms with Gasteiger partial charge in [-0.15, -0.1) is 11.3 Å². The Morgan fingerprint density at radius 2 is 2.40 bits per heavy atom. The van der Waals surface area contributed by atoms with Crippen molar-refractivity contribution >= 4 is 22.9 Å². The average Bonchev–Trinajstić information content (AvgIpc) is 2.65. The van der Waals surface area contributed by atoms with Crippen LogP contribution in [0.4, 0.5) is 0 Å². The van der Waals surface area contributed by atoms with Crippen LogP contribution >= 0.6 is 22.9 Å². The summed E-state index contributed by atoms with van der Waals surface area (Å²) < 4.78 is 0.800. The van der Waals surface area contributed by atoms with Crippen LogP contribution in [0.15, 0.2) is 12.1 Å². The second-order valence-electron chi connectivity index (χ2n) is 4.03. The SMILES string of the molecule is OC(Cc1ccc(Cl)s1)C1CCCCN1. The molecule has 2 unspecified atom stereocenters. The second-order valence-corrected chi connectivity index (χ2v) is 5.83. The van der Waals surface area contributed by atoms with Crippen molar-refractivity contribution in [3.8, 4) is 0 Å². The van der Waals surface area contributed by atoms with E-state index in [2.05, 4.69) is 5.32 Å². The quantitative estimate of drug-likeness (QED) is 0.858. The van der Waals surface area contributed by atoms with E-state index >= 15 is 0 Å². The van der Waals surface area contributed by atoms with E-state index in [1.807, 2.05) is 12.1 Å². The Hall–Kier alpha value is -0.0900. The number of thiophene rings is 1. The minimum atomic E-state index is -0.278. The van der Waals surface area contributed by atoms with Crippen LogP contribution < -0.4 is 5.32 Å². The third-order valence-electron chi connectivity index (χ3n) is 2.85. The van der Waals surface area contributed by atoms with Crippen LogP contribution in [0.3, 0.4) is 0 Å². The van der Waals surface area contributed by atoms with Crippen LogP contribution in [-0.4, -0.2) is 23.8 Å². The first-order valence-electron chi connectivity index (χ1n) is 5.41. The molecule has 2 nitrogen and oxygen atoms in total. The molecule has 0 aliphatic carbocycles. The van der Waals surface area contributed by atoms with Crippen LogP contribution in [0.5, 0.6) is 0 Å². The van der Waals surface area contributed by atoms with Gasteiger partial charge in [0.2, 0.25) is 0 Å².